The second-order valence-electron chi connectivity index (χ2n) is 7.29. The summed E-state index contributed by atoms with van der Waals surface area (Å²) in [4.78, 5) is 16.8. The molecule has 2 aromatic carbocycles. The molecule has 0 radical (unpaired) electrons. The number of hydrogen-bond donors (Lipinski definition) is 1. The SMILES string of the molecule is CCOc1ccc(-c2cc3c(=O)[nH]nc(SCc4nc(-c5ccc(C)cc5)no4)n3n2)cc1. The summed E-state index contributed by atoms with van der Waals surface area (Å²) >= 11 is 1.34. The van der Waals surface area contributed by atoms with Crippen LogP contribution in [0, 0.1) is 6.92 Å². The summed E-state index contributed by atoms with van der Waals surface area (Å²) < 4.78 is 12.4. The van der Waals surface area contributed by atoms with Crippen LogP contribution < -0.4 is 10.3 Å². The number of fused-ring (bicyclic) bond motifs is 1. The van der Waals surface area contributed by atoms with Gasteiger partial charge in [0.15, 0.2) is 0 Å². The minimum atomic E-state index is -0.316. The zero-order valence-electron chi connectivity index (χ0n) is 18.0. The normalized spacial score (nSPS) is 11.2. The number of hydrogen-bond acceptors (Lipinski definition) is 8. The molecule has 0 aliphatic carbocycles. The smallest absolute Gasteiger partial charge is 0.290 e. The van der Waals surface area contributed by atoms with Crippen molar-refractivity contribution in [3.63, 3.8) is 0 Å². The Kier molecular flexibility index (Phi) is 5.66. The maximum Gasteiger partial charge on any atom is 0.290 e. The van der Waals surface area contributed by atoms with Crippen LogP contribution in [-0.4, -0.2) is 36.6 Å². The largest absolute Gasteiger partial charge is 0.494 e. The van der Waals surface area contributed by atoms with E-state index in [1.807, 2.05) is 62.4 Å². The molecule has 0 bridgehead atoms. The highest BCUT2D eigenvalue weighted by Gasteiger charge is 2.15. The fourth-order valence-corrected chi connectivity index (χ4v) is 4.02. The first-order valence-electron chi connectivity index (χ1n) is 10.3. The number of nitrogens with one attached hydrogen (secondary N) is 1. The summed E-state index contributed by atoms with van der Waals surface area (Å²) in [5.41, 5.74) is 3.67. The van der Waals surface area contributed by atoms with E-state index in [1.165, 1.54) is 16.3 Å². The molecule has 0 fully saturated rings. The molecule has 33 heavy (non-hydrogen) atoms. The molecule has 0 spiro atoms. The molecule has 5 aromatic rings. The van der Waals surface area contributed by atoms with Crippen LogP contribution in [0.15, 0.2) is 69.1 Å². The first kappa shape index (κ1) is 21.0. The van der Waals surface area contributed by atoms with E-state index in [4.69, 9.17) is 9.26 Å². The summed E-state index contributed by atoms with van der Waals surface area (Å²) in [6, 6.07) is 17.2. The standard InChI is InChI=1S/C23H20N6O3S/c1-3-31-17-10-8-15(9-11-17)18-12-19-22(30)25-26-23(29(19)27-18)33-13-20-24-21(28-32-20)16-6-4-14(2)5-7-16/h4-12H,3,13H2,1-2H3,(H,25,30). The van der Waals surface area contributed by atoms with E-state index < -0.39 is 0 Å². The lowest BCUT2D eigenvalue weighted by molar-refractivity contribution is 0.340. The third kappa shape index (κ3) is 4.37. The fraction of sp³-hybridized carbons (Fsp3) is 0.174. The highest BCUT2D eigenvalue weighted by Crippen LogP contribution is 2.25. The lowest BCUT2D eigenvalue weighted by Gasteiger charge is -2.03. The molecule has 9 nitrogen and oxygen atoms in total. The van der Waals surface area contributed by atoms with Crippen molar-refractivity contribution in [3.05, 3.63) is 76.4 Å². The van der Waals surface area contributed by atoms with Crippen molar-refractivity contribution in [2.45, 2.75) is 24.8 Å². The van der Waals surface area contributed by atoms with Crippen molar-refractivity contribution in [2.75, 3.05) is 6.61 Å². The first-order valence-corrected chi connectivity index (χ1v) is 11.3. The molecule has 0 amide bonds. The molecule has 1 N–H and O–H groups in total. The molecule has 0 aliphatic heterocycles. The Labute approximate surface area is 192 Å². The Morgan fingerprint density at radius 3 is 2.61 bits per heavy atom. The minimum absolute atomic E-state index is 0.316. The molecule has 3 aromatic heterocycles. The van der Waals surface area contributed by atoms with E-state index in [-0.39, 0.29) is 5.56 Å². The molecule has 0 atom stereocenters. The van der Waals surface area contributed by atoms with Gasteiger partial charge < -0.3 is 9.26 Å². The molecule has 0 aliphatic rings. The van der Waals surface area contributed by atoms with Crippen LogP contribution in [0.25, 0.3) is 28.2 Å². The van der Waals surface area contributed by atoms with Crippen molar-refractivity contribution in [3.8, 4) is 28.4 Å². The third-order valence-electron chi connectivity index (χ3n) is 4.94. The Morgan fingerprint density at radius 2 is 1.85 bits per heavy atom. The summed E-state index contributed by atoms with van der Waals surface area (Å²) in [5, 5.41) is 15.9. The van der Waals surface area contributed by atoms with Crippen LogP contribution in [0.2, 0.25) is 0 Å². The number of aromatic amines is 1. The first-order chi connectivity index (χ1) is 16.1. The van der Waals surface area contributed by atoms with E-state index in [1.54, 1.807) is 6.07 Å². The molecule has 0 saturated carbocycles. The molecule has 0 unspecified atom stereocenters. The number of H-pyrrole nitrogens is 1. The number of nitrogens with zero attached hydrogens (tertiary/aromatic N) is 5. The van der Waals surface area contributed by atoms with E-state index in [2.05, 4.69) is 25.4 Å². The monoisotopic (exact) mass is 460 g/mol. The summed E-state index contributed by atoms with van der Waals surface area (Å²) in [6.45, 7) is 4.56. The van der Waals surface area contributed by atoms with Gasteiger partial charge in [0.2, 0.25) is 16.9 Å². The van der Waals surface area contributed by atoms with Gasteiger partial charge in [-0.2, -0.15) is 10.1 Å². The zero-order valence-corrected chi connectivity index (χ0v) is 18.8. The average Bonchev–Trinajstić information content (AvgIpc) is 3.48. The molecular weight excluding hydrogens is 440 g/mol. The number of aryl methyl sites for hydroxylation is 1. The average molecular weight is 461 g/mol. The van der Waals surface area contributed by atoms with E-state index in [0.29, 0.717) is 40.4 Å². The quantitative estimate of drug-likeness (QED) is 0.361. The van der Waals surface area contributed by atoms with Crippen molar-refractivity contribution in [1.29, 1.82) is 0 Å². The molecule has 10 heteroatoms. The number of benzene rings is 2. The van der Waals surface area contributed by atoms with Crippen molar-refractivity contribution in [2.24, 2.45) is 0 Å². The Bertz CT molecular complexity index is 1450. The van der Waals surface area contributed by atoms with Crippen LogP contribution in [0.5, 0.6) is 5.75 Å². The number of thioether (sulfide) groups is 1. The van der Waals surface area contributed by atoms with Crippen LogP contribution >= 0.6 is 11.8 Å². The topological polar surface area (TPSA) is 111 Å². The van der Waals surface area contributed by atoms with Gasteiger partial charge in [-0.05, 0) is 44.2 Å². The number of ether oxygens (including phenoxy) is 1. The highest BCUT2D eigenvalue weighted by molar-refractivity contribution is 7.98. The van der Waals surface area contributed by atoms with Gasteiger partial charge in [-0.1, -0.05) is 46.7 Å². The highest BCUT2D eigenvalue weighted by atomic mass is 32.2. The zero-order chi connectivity index (χ0) is 22.8. The van der Waals surface area contributed by atoms with Gasteiger partial charge in [0, 0.05) is 11.1 Å². The van der Waals surface area contributed by atoms with E-state index in [0.717, 1.165) is 22.4 Å². The second kappa shape index (κ2) is 8.91. The molecule has 5 rings (SSSR count). The van der Waals surface area contributed by atoms with Crippen LogP contribution in [0.3, 0.4) is 0 Å². The molecular formula is C23H20N6O3S. The lowest BCUT2D eigenvalue weighted by atomic mass is 10.1. The predicted octanol–water partition coefficient (Wildman–Crippen LogP) is 4.13. The summed E-state index contributed by atoms with van der Waals surface area (Å²) in [6.07, 6.45) is 0. The lowest BCUT2D eigenvalue weighted by Crippen LogP contribution is -2.13. The van der Waals surface area contributed by atoms with Gasteiger partial charge in [0.1, 0.15) is 11.3 Å². The predicted molar refractivity (Wildman–Crippen MR) is 124 cm³/mol. The molecule has 166 valence electrons. The van der Waals surface area contributed by atoms with Crippen molar-refractivity contribution < 1.29 is 9.26 Å². The van der Waals surface area contributed by atoms with Crippen LogP contribution in [-0.2, 0) is 5.75 Å². The van der Waals surface area contributed by atoms with Crippen molar-refractivity contribution >= 4 is 17.3 Å². The van der Waals surface area contributed by atoms with Gasteiger partial charge >= 0.3 is 0 Å². The maximum atomic E-state index is 12.3. The summed E-state index contributed by atoms with van der Waals surface area (Å²) in [5.74, 6) is 2.15. The van der Waals surface area contributed by atoms with Crippen LogP contribution in [0.4, 0.5) is 0 Å². The van der Waals surface area contributed by atoms with Crippen molar-refractivity contribution in [1.82, 2.24) is 30.0 Å². The van der Waals surface area contributed by atoms with Gasteiger partial charge in [-0.3, -0.25) is 4.79 Å². The molecule has 0 saturated heterocycles. The number of rotatable bonds is 7. The minimum Gasteiger partial charge on any atom is -0.494 e. The van der Waals surface area contributed by atoms with E-state index in [9.17, 15) is 4.79 Å². The summed E-state index contributed by atoms with van der Waals surface area (Å²) in [7, 11) is 0. The van der Waals surface area contributed by atoms with Gasteiger partial charge in [-0.25, -0.2) is 9.61 Å². The van der Waals surface area contributed by atoms with Gasteiger partial charge in [-0.15, -0.1) is 5.10 Å². The van der Waals surface area contributed by atoms with Gasteiger partial charge in [0.25, 0.3) is 5.56 Å². The Morgan fingerprint density at radius 1 is 1.09 bits per heavy atom. The Hall–Kier alpha value is -3.92. The fourth-order valence-electron chi connectivity index (χ4n) is 3.27. The Balaban J connectivity index is 1.38. The van der Waals surface area contributed by atoms with Gasteiger partial charge in [0.05, 0.1) is 18.1 Å². The van der Waals surface area contributed by atoms with Crippen LogP contribution in [0.1, 0.15) is 18.4 Å². The second-order valence-corrected chi connectivity index (χ2v) is 8.23. The van der Waals surface area contributed by atoms with E-state index >= 15 is 0 Å². The number of aromatic nitrogens is 6. The third-order valence-corrected chi connectivity index (χ3v) is 5.85. The molecule has 3 heterocycles. The maximum absolute atomic E-state index is 12.3.